The zero-order chi connectivity index (χ0) is 17.4. The van der Waals surface area contributed by atoms with Crippen LogP contribution in [0.4, 0.5) is 0 Å². The van der Waals surface area contributed by atoms with E-state index in [4.69, 9.17) is 0 Å². The summed E-state index contributed by atoms with van der Waals surface area (Å²) in [7, 11) is -0.954. The lowest BCUT2D eigenvalue weighted by Gasteiger charge is -2.48. The van der Waals surface area contributed by atoms with Crippen molar-refractivity contribution in [3.63, 3.8) is 0 Å². The molecule has 0 radical (unpaired) electrons. The second-order valence-electron chi connectivity index (χ2n) is 8.37. The van der Waals surface area contributed by atoms with Crippen LogP contribution < -0.4 is 5.32 Å². The number of sulfone groups is 1. The van der Waals surface area contributed by atoms with Crippen LogP contribution in [-0.4, -0.2) is 81.0 Å². The van der Waals surface area contributed by atoms with Gasteiger partial charge in [-0.15, -0.1) is 0 Å². The number of hydrogen-bond acceptors (Lipinski definition) is 4. The first-order valence-electron chi connectivity index (χ1n) is 9.97. The third-order valence-electron chi connectivity index (χ3n) is 6.51. The summed E-state index contributed by atoms with van der Waals surface area (Å²) in [5.41, 5.74) is 0. The summed E-state index contributed by atoms with van der Waals surface area (Å²) in [6.45, 7) is 4.18. The van der Waals surface area contributed by atoms with Crippen molar-refractivity contribution in [3.05, 3.63) is 0 Å². The van der Waals surface area contributed by atoms with Crippen LogP contribution >= 0.6 is 0 Å². The summed E-state index contributed by atoms with van der Waals surface area (Å²) in [5.74, 6) is 2.64. The molecule has 142 valence electrons. The maximum Gasteiger partial charge on any atom is 0.193 e. The van der Waals surface area contributed by atoms with Gasteiger partial charge in [0.25, 0.3) is 0 Å². The Bertz CT molecular complexity index is 617. The fourth-order valence-electron chi connectivity index (χ4n) is 5.09. The fourth-order valence-corrected chi connectivity index (χ4v) is 6.96. The summed E-state index contributed by atoms with van der Waals surface area (Å²) in [6.07, 6.45) is 7.49. The van der Waals surface area contributed by atoms with Crippen molar-refractivity contribution in [1.82, 2.24) is 15.1 Å². The van der Waals surface area contributed by atoms with Gasteiger partial charge in [0.1, 0.15) is 0 Å². The number of hydrogen-bond donors (Lipinski definition) is 1. The van der Waals surface area contributed by atoms with Crippen LogP contribution in [0.1, 0.15) is 38.5 Å². The van der Waals surface area contributed by atoms with E-state index in [9.17, 15) is 8.42 Å². The van der Waals surface area contributed by atoms with Gasteiger partial charge in [0.15, 0.2) is 15.8 Å². The molecule has 4 rings (SSSR count). The molecule has 4 aliphatic rings. The third kappa shape index (κ3) is 3.97. The second kappa shape index (κ2) is 7.06. The van der Waals surface area contributed by atoms with E-state index in [1.807, 2.05) is 7.05 Å². The maximum atomic E-state index is 11.6. The number of piperidine rings is 2. The highest BCUT2D eigenvalue weighted by Gasteiger charge is 2.42. The Kier molecular flexibility index (Phi) is 4.97. The van der Waals surface area contributed by atoms with E-state index in [0.29, 0.717) is 11.5 Å². The standard InChI is InChI=1S/C18H32N4O2S/c1-19-18(20-11-14-7-10-25(23,24)13-14)21-9-6-17-15(12-21)3-2-8-22(17)16-4-5-16/h14-17H,2-13H2,1H3,(H,19,20). The van der Waals surface area contributed by atoms with Crippen molar-refractivity contribution in [2.75, 3.05) is 44.7 Å². The van der Waals surface area contributed by atoms with Gasteiger partial charge in [0, 0.05) is 38.8 Å². The van der Waals surface area contributed by atoms with Crippen LogP contribution in [0.15, 0.2) is 4.99 Å². The lowest BCUT2D eigenvalue weighted by Crippen LogP contribution is -2.57. The molecule has 0 aromatic rings. The number of guanidine groups is 1. The van der Waals surface area contributed by atoms with Crippen molar-refractivity contribution in [2.24, 2.45) is 16.8 Å². The first-order valence-corrected chi connectivity index (χ1v) is 11.8. The van der Waals surface area contributed by atoms with Crippen molar-refractivity contribution in [2.45, 2.75) is 50.6 Å². The number of likely N-dealkylation sites (tertiary alicyclic amines) is 2. The number of nitrogens with zero attached hydrogens (tertiary/aromatic N) is 3. The molecule has 3 atom stereocenters. The normalized spacial score (nSPS) is 36.3. The van der Waals surface area contributed by atoms with Crippen LogP contribution in [0, 0.1) is 11.8 Å². The third-order valence-corrected chi connectivity index (χ3v) is 8.35. The van der Waals surface area contributed by atoms with E-state index in [2.05, 4.69) is 20.1 Å². The smallest absolute Gasteiger partial charge is 0.193 e. The predicted octanol–water partition coefficient (Wildman–Crippen LogP) is 0.945. The molecule has 25 heavy (non-hydrogen) atoms. The Labute approximate surface area is 152 Å². The van der Waals surface area contributed by atoms with Gasteiger partial charge in [-0.3, -0.25) is 9.89 Å². The van der Waals surface area contributed by atoms with E-state index >= 15 is 0 Å². The van der Waals surface area contributed by atoms with Gasteiger partial charge in [-0.25, -0.2) is 8.42 Å². The largest absolute Gasteiger partial charge is 0.356 e. The summed E-state index contributed by atoms with van der Waals surface area (Å²) in [5, 5.41) is 3.46. The van der Waals surface area contributed by atoms with Gasteiger partial charge in [0.2, 0.25) is 0 Å². The minimum atomic E-state index is -2.80. The second-order valence-corrected chi connectivity index (χ2v) is 10.6. The molecule has 3 saturated heterocycles. The van der Waals surface area contributed by atoms with Gasteiger partial charge in [-0.2, -0.15) is 0 Å². The zero-order valence-corrected chi connectivity index (χ0v) is 16.2. The highest BCUT2D eigenvalue weighted by Crippen LogP contribution is 2.38. The summed E-state index contributed by atoms with van der Waals surface area (Å²) in [4.78, 5) is 9.68. The number of aliphatic imine (C=N–C) groups is 1. The van der Waals surface area contributed by atoms with E-state index < -0.39 is 9.84 Å². The molecular weight excluding hydrogens is 336 g/mol. The van der Waals surface area contributed by atoms with Gasteiger partial charge >= 0.3 is 0 Å². The molecule has 0 amide bonds. The van der Waals surface area contributed by atoms with Gasteiger partial charge in [-0.1, -0.05) is 0 Å². The molecule has 6 nitrogen and oxygen atoms in total. The van der Waals surface area contributed by atoms with Crippen molar-refractivity contribution in [1.29, 1.82) is 0 Å². The first kappa shape index (κ1) is 17.6. The molecule has 3 heterocycles. The van der Waals surface area contributed by atoms with E-state index in [0.717, 1.165) is 50.0 Å². The lowest BCUT2D eigenvalue weighted by atomic mass is 9.83. The maximum absolute atomic E-state index is 11.6. The SMILES string of the molecule is CN=C(NCC1CCS(=O)(=O)C1)N1CCC2C(CCCN2C2CC2)C1. The van der Waals surface area contributed by atoms with Crippen molar-refractivity contribution in [3.8, 4) is 0 Å². The molecule has 0 spiro atoms. The highest BCUT2D eigenvalue weighted by atomic mass is 32.2. The van der Waals surface area contributed by atoms with E-state index in [-0.39, 0.29) is 5.92 Å². The minimum Gasteiger partial charge on any atom is -0.356 e. The molecule has 3 unspecified atom stereocenters. The van der Waals surface area contributed by atoms with Gasteiger partial charge < -0.3 is 10.2 Å². The molecular formula is C18H32N4O2S. The molecule has 7 heteroatoms. The summed E-state index contributed by atoms with van der Waals surface area (Å²) < 4.78 is 23.3. The molecule has 0 aromatic carbocycles. The molecule has 4 fully saturated rings. The van der Waals surface area contributed by atoms with Crippen molar-refractivity contribution >= 4 is 15.8 Å². The molecule has 0 aromatic heterocycles. The molecule has 0 bridgehead atoms. The summed E-state index contributed by atoms with van der Waals surface area (Å²) in [6, 6.07) is 1.65. The Morgan fingerprint density at radius 1 is 1.16 bits per heavy atom. The first-order chi connectivity index (χ1) is 12.1. The van der Waals surface area contributed by atoms with E-state index in [1.165, 1.54) is 38.6 Å². The van der Waals surface area contributed by atoms with Crippen LogP contribution in [0.3, 0.4) is 0 Å². The monoisotopic (exact) mass is 368 g/mol. The van der Waals surface area contributed by atoms with Gasteiger partial charge in [-0.05, 0) is 56.9 Å². The Hall–Kier alpha value is -0.820. The number of nitrogens with one attached hydrogen (secondary N) is 1. The van der Waals surface area contributed by atoms with Crippen LogP contribution in [0.5, 0.6) is 0 Å². The molecule has 3 aliphatic heterocycles. The zero-order valence-electron chi connectivity index (χ0n) is 15.4. The lowest BCUT2D eigenvalue weighted by molar-refractivity contribution is 0.0369. The molecule has 1 N–H and O–H groups in total. The van der Waals surface area contributed by atoms with E-state index in [1.54, 1.807) is 0 Å². The van der Waals surface area contributed by atoms with Crippen molar-refractivity contribution < 1.29 is 8.42 Å². The topological polar surface area (TPSA) is 65.0 Å². The molecule has 1 aliphatic carbocycles. The van der Waals surface area contributed by atoms with Crippen LogP contribution in [-0.2, 0) is 9.84 Å². The van der Waals surface area contributed by atoms with Crippen LogP contribution in [0.25, 0.3) is 0 Å². The average Bonchev–Trinajstić information content (AvgIpc) is 3.38. The number of rotatable bonds is 3. The Morgan fingerprint density at radius 3 is 2.68 bits per heavy atom. The average molecular weight is 369 g/mol. The Morgan fingerprint density at radius 2 is 2.00 bits per heavy atom. The predicted molar refractivity (Wildman–Crippen MR) is 101 cm³/mol. The van der Waals surface area contributed by atoms with Crippen LogP contribution in [0.2, 0.25) is 0 Å². The quantitative estimate of drug-likeness (QED) is 0.593. The fraction of sp³-hybridized carbons (Fsp3) is 0.944. The molecule has 1 saturated carbocycles. The highest BCUT2D eigenvalue weighted by molar-refractivity contribution is 7.91. The minimum absolute atomic E-state index is 0.235. The Balaban J connectivity index is 1.32. The number of fused-ring (bicyclic) bond motifs is 1. The van der Waals surface area contributed by atoms with Gasteiger partial charge in [0.05, 0.1) is 11.5 Å². The summed E-state index contributed by atoms with van der Waals surface area (Å²) >= 11 is 0.